The van der Waals surface area contributed by atoms with Crippen LogP contribution in [0.5, 0.6) is 0 Å². The summed E-state index contributed by atoms with van der Waals surface area (Å²) in [5, 5.41) is 5.52. The number of hydrogen-bond donors (Lipinski definition) is 2. The van der Waals surface area contributed by atoms with Crippen molar-refractivity contribution in [3.8, 4) is 0 Å². The number of amides is 4. The summed E-state index contributed by atoms with van der Waals surface area (Å²) >= 11 is 0. The molecular weight excluding hydrogens is 308 g/mol. The molecule has 1 aliphatic heterocycles. The van der Waals surface area contributed by atoms with Crippen LogP contribution < -0.4 is 15.5 Å². The van der Waals surface area contributed by atoms with Crippen LogP contribution in [-0.2, 0) is 4.79 Å². The average Bonchev–Trinajstić information content (AvgIpc) is 2.97. The van der Waals surface area contributed by atoms with Crippen LogP contribution in [0.4, 0.5) is 10.5 Å². The van der Waals surface area contributed by atoms with Gasteiger partial charge in [-0.15, -0.1) is 0 Å². The molecule has 7 heteroatoms. The smallest absolute Gasteiger partial charge is 0.321 e. The van der Waals surface area contributed by atoms with Gasteiger partial charge in [0.15, 0.2) is 0 Å². The van der Waals surface area contributed by atoms with Gasteiger partial charge < -0.3 is 15.5 Å². The summed E-state index contributed by atoms with van der Waals surface area (Å²) < 4.78 is 0. The summed E-state index contributed by atoms with van der Waals surface area (Å²) in [4.78, 5) is 39.2. The number of anilines is 1. The highest BCUT2D eigenvalue weighted by Crippen LogP contribution is 2.18. The van der Waals surface area contributed by atoms with Crippen molar-refractivity contribution in [2.45, 2.75) is 26.8 Å². The monoisotopic (exact) mass is 332 g/mol. The number of benzene rings is 1. The topological polar surface area (TPSA) is 81.8 Å². The maximum absolute atomic E-state index is 12.5. The molecular formula is C17H24N4O3. The summed E-state index contributed by atoms with van der Waals surface area (Å²) in [5.41, 5.74) is 1.25. The van der Waals surface area contributed by atoms with Crippen molar-refractivity contribution in [1.82, 2.24) is 15.5 Å². The lowest BCUT2D eigenvalue weighted by atomic mass is 10.1. The molecule has 0 bridgehead atoms. The molecule has 0 saturated carbocycles. The van der Waals surface area contributed by atoms with Crippen LogP contribution in [0.25, 0.3) is 0 Å². The van der Waals surface area contributed by atoms with Crippen molar-refractivity contribution in [2.24, 2.45) is 0 Å². The molecule has 0 atom stereocenters. The highest BCUT2D eigenvalue weighted by molar-refractivity contribution is 5.98. The summed E-state index contributed by atoms with van der Waals surface area (Å²) in [6.45, 7) is 7.30. The lowest BCUT2D eigenvalue weighted by molar-refractivity contribution is -0.122. The Bertz CT molecular complexity index is 613. The minimum Gasteiger partial charge on any atom is -0.352 e. The molecule has 1 saturated heterocycles. The van der Waals surface area contributed by atoms with Gasteiger partial charge in [0.25, 0.3) is 5.91 Å². The van der Waals surface area contributed by atoms with E-state index in [0.29, 0.717) is 25.2 Å². The highest BCUT2D eigenvalue weighted by Gasteiger charge is 2.22. The molecule has 0 aromatic heterocycles. The summed E-state index contributed by atoms with van der Waals surface area (Å²) in [5.74, 6) is -0.376. The molecule has 130 valence electrons. The first-order valence-electron chi connectivity index (χ1n) is 8.16. The largest absolute Gasteiger partial charge is 0.352 e. The van der Waals surface area contributed by atoms with E-state index in [1.54, 1.807) is 29.2 Å². The zero-order valence-corrected chi connectivity index (χ0v) is 14.3. The zero-order valence-electron chi connectivity index (χ0n) is 14.3. The number of nitrogens with one attached hydrogen (secondary N) is 2. The van der Waals surface area contributed by atoms with Crippen molar-refractivity contribution in [2.75, 3.05) is 31.1 Å². The molecule has 0 spiro atoms. The number of rotatable bonds is 6. The van der Waals surface area contributed by atoms with Gasteiger partial charge in [-0.2, -0.15) is 0 Å². The number of nitrogens with zero attached hydrogens (tertiary/aromatic N) is 2. The molecule has 2 rings (SSSR count). The van der Waals surface area contributed by atoms with E-state index in [9.17, 15) is 14.4 Å². The van der Waals surface area contributed by atoms with Gasteiger partial charge in [0.2, 0.25) is 5.91 Å². The van der Waals surface area contributed by atoms with E-state index in [1.807, 2.05) is 20.8 Å². The number of likely N-dealkylation sites (N-methyl/N-ethyl adjacent to an activating group) is 1. The highest BCUT2D eigenvalue weighted by atomic mass is 16.2. The van der Waals surface area contributed by atoms with Gasteiger partial charge in [-0.1, -0.05) is 0 Å². The van der Waals surface area contributed by atoms with Gasteiger partial charge >= 0.3 is 6.03 Å². The van der Waals surface area contributed by atoms with E-state index >= 15 is 0 Å². The van der Waals surface area contributed by atoms with Crippen molar-refractivity contribution in [3.05, 3.63) is 29.8 Å². The third-order valence-electron chi connectivity index (χ3n) is 3.74. The first-order chi connectivity index (χ1) is 11.4. The fraction of sp³-hybridized carbons (Fsp3) is 0.471. The SMILES string of the molecule is CCN(CC(=O)NC(C)C)C(=O)c1ccc(N2CCNC2=O)cc1. The molecule has 1 fully saturated rings. The molecule has 24 heavy (non-hydrogen) atoms. The Morgan fingerprint density at radius 1 is 1.29 bits per heavy atom. The predicted octanol–water partition coefficient (Wildman–Crippen LogP) is 1.20. The minimum atomic E-state index is -0.200. The molecule has 7 nitrogen and oxygen atoms in total. The van der Waals surface area contributed by atoms with Gasteiger partial charge in [-0.05, 0) is 45.0 Å². The standard InChI is InChI=1S/C17H24N4O3/c1-4-20(11-15(22)19-12(2)3)16(23)13-5-7-14(8-6-13)21-10-9-18-17(21)24/h5-8,12H,4,9-11H2,1-3H3,(H,18,24)(H,19,22). The first kappa shape index (κ1) is 17.8. The van der Waals surface area contributed by atoms with Crippen molar-refractivity contribution in [3.63, 3.8) is 0 Å². The van der Waals surface area contributed by atoms with Crippen molar-refractivity contribution < 1.29 is 14.4 Å². The maximum Gasteiger partial charge on any atom is 0.321 e. The Kier molecular flexibility index (Phi) is 5.78. The van der Waals surface area contributed by atoms with E-state index < -0.39 is 0 Å². The van der Waals surface area contributed by atoms with Crippen LogP contribution in [0.15, 0.2) is 24.3 Å². The fourth-order valence-electron chi connectivity index (χ4n) is 2.55. The quantitative estimate of drug-likeness (QED) is 0.821. The molecule has 0 aliphatic carbocycles. The van der Waals surface area contributed by atoms with Gasteiger partial charge in [0.1, 0.15) is 0 Å². The fourth-order valence-corrected chi connectivity index (χ4v) is 2.55. The molecule has 2 N–H and O–H groups in total. The Labute approximate surface area is 142 Å². The van der Waals surface area contributed by atoms with E-state index in [4.69, 9.17) is 0 Å². The van der Waals surface area contributed by atoms with Gasteiger partial charge in [0, 0.05) is 36.9 Å². The van der Waals surface area contributed by atoms with E-state index in [2.05, 4.69) is 10.6 Å². The summed E-state index contributed by atoms with van der Waals surface area (Å²) in [6, 6.07) is 6.78. The normalized spacial score (nSPS) is 13.8. The third-order valence-corrected chi connectivity index (χ3v) is 3.74. The average molecular weight is 332 g/mol. The lowest BCUT2D eigenvalue weighted by Crippen LogP contribution is -2.42. The first-order valence-corrected chi connectivity index (χ1v) is 8.16. The van der Waals surface area contributed by atoms with Gasteiger partial charge in [-0.3, -0.25) is 14.5 Å². The van der Waals surface area contributed by atoms with Crippen LogP contribution in [0.1, 0.15) is 31.1 Å². The molecule has 0 radical (unpaired) electrons. The Morgan fingerprint density at radius 2 is 1.96 bits per heavy atom. The number of carbonyl (C=O) groups is 3. The Hall–Kier alpha value is -2.57. The molecule has 4 amide bonds. The summed E-state index contributed by atoms with van der Waals surface area (Å²) in [6.07, 6.45) is 0. The second-order valence-electron chi connectivity index (χ2n) is 5.97. The van der Waals surface area contributed by atoms with E-state index in [1.165, 1.54) is 4.90 Å². The van der Waals surface area contributed by atoms with Crippen LogP contribution >= 0.6 is 0 Å². The Balaban J connectivity index is 2.04. The van der Waals surface area contributed by atoms with Crippen LogP contribution in [0, 0.1) is 0 Å². The second-order valence-corrected chi connectivity index (χ2v) is 5.97. The van der Waals surface area contributed by atoms with Crippen LogP contribution in [-0.4, -0.2) is 55.0 Å². The predicted molar refractivity (Wildman–Crippen MR) is 92.0 cm³/mol. The second kappa shape index (κ2) is 7.81. The molecule has 1 aliphatic rings. The zero-order chi connectivity index (χ0) is 17.7. The van der Waals surface area contributed by atoms with Gasteiger partial charge in [0.05, 0.1) is 6.54 Å². The molecule has 1 aromatic carbocycles. The minimum absolute atomic E-state index is 0.0315. The van der Waals surface area contributed by atoms with Crippen molar-refractivity contribution in [1.29, 1.82) is 0 Å². The molecule has 1 heterocycles. The van der Waals surface area contributed by atoms with Gasteiger partial charge in [-0.25, -0.2) is 4.79 Å². The number of carbonyl (C=O) groups excluding carboxylic acids is 3. The maximum atomic E-state index is 12.5. The van der Waals surface area contributed by atoms with Crippen LogP contribution in [0.3, 0.4) is 0 Å². The van der Waals surface area contributed by atoms with Crippen LogP contribution in [0.2, 0.25) is 0 Å². The van der Waals surface area contributed by atoms with Crippen molar-refractivity contribution >= 4 is 23.5 Å². The molecule has 1 aromatic rings. The van der Waals surface area contributed by atoms with E-state index in [0.717, 1.165) is 5.69 Å². The summed E-state index contributed by atoms with van der Waals surface area (Å²) in [7, 11) is 0. The van der Waals surface area contributed by atoms with E-state index in [-0.39, 0.29) is 30.4 Å². The Morgan fingerprint density at radius 3 is 2.46 bits per heavy atom. The molecule has 0 unspecified atom stereocenters. The lowest BCUT2D eigenvalue weighted by Gasteiger charge is -2.21. The number of urea groups is 1. The number of hydrogen-bond acceptors (Lipinski definition) is 3. The third kappa shape index (κ3) is 4.24.